The van der Waals surface area contributed by atoms with E-state index in [2.05, 4.69) is 53.2 Å². The molecule has 5 rings (SSSR count). The van der Waals surface area contributed by atoms with Crippen molar-refractivity contribution in [2.24, 2.45) is 0 Å². The lowest BCUT2D eigenvalue weighted by Gasteiger charge is -2.41. The normalized spacial score (nSPS) is 17.4. The second kappa shape index (κ2) is 8.06. The lowest BCUT2D eigenvalue weighted by molar-refractivity contribution is 0.265. The van der Waals surface area contributed by atoms with Gasteiger partial charge in [-0.2, -0.15) is 0 Å². The molecule has 0 aliphatic carbocycles. The summed E-state index contributed by atoms with van der Waals surface area (Å²) < 4.78 is 5.92. The number of para-hydroxylation sites is 1. The molecule has 0 unspecified atom stereocenters. The van der Waals surface area contributed by atoms with Crippen LogP contribution in [0.1, 0.15) is 23.6 Å². The second-order valence-electron chi connectivity index (χ2n) is 7.87. The summed E-state index contributed by atoms with van der Waals surface area (Å²) in [5.41, 5.74) is 5.88. The minimum Gasteiger partial charge on any atom is -0.493 e. The van der Waals surface area contributed by atoms with Gasteiger partial charge in [-0.1, -0.05) is 41.4 Å². The van der Waals surface area contributed by atoms with Gasteiger partial charge in [0.2, 0.25) is 0 Å². The van der Waals surface area contributed by atoms with E-state index in [9.17, 15) is 0 Å². The Balaban J connectivity index is 1.72. The van der Waals surface area contributed by atoms with Crippen molar-refractivity contribution in [2.75, 3.05) is 32.1 Å². The fourth-order valence-corrected chi connectivity index (χ4v) is 4.92. The van der Waals surface area contributed by atoms with Crippen molar-refractivity contribution in [1.82, 2.24) is 14.9 Å². The first kappa shape index (κ1) is 20.2. The van der Waals surface area contributed by atoms with Gasteiger partial charge >= 0.3 is 0 Å². The first-order valence-corrected chi connectivity index (χ1v) is 11.0. The standard InChI is InChI=1S/C24H22Cl2N4O/c1-29(2)19-8-11-30(20-9-12-31-21-6-4-3-5-16(20)21)24-17(19)7-10-27-23(24)22-18(26)13-15(25)14-28-22/h3-8,10,13-14,20H,9,11-12H2,1-2H3/t20-/m0/s1. The van der Waals surface area contributed by atoms with Crippen LogP contribution in [0.15, 0.2) is 54.9 Å². The zero-order valence-corrected chi connectivity index (χ0v) is 18.9. The molecule has 0 spiro atoms. The molecule has 0 amide bonds. The minimum atomic E-state index is 0.165. The van der Waals surface area contributed by atoms with E-state index in [4.69, 9.17) is 32.9 Å². The van der Waals surface area contributed by atoms with Crippen molar-refractivity contribution in [2.45, 2.75) is 12.5 Å². The molecule has 0 radical (unpaired) electrons. The Kier molecular flexibility index (Phi) is 5.24. The van der Waals surface area contributed by atoms with Gasteiger partial charge in [0, 0.05) is 56.3 Å². The van der Waals surface area contributed by atoms with Gasteiger partial charge in [0.1, 0.15) is 17.1 Å². The largest absolute Gasteiger partial charge is 0.493 e. The highest BCUT2D eigenvalue weighted by atomic mass is 35.5. The molecule has 3 aromatic rings. The number of anilines is 1. The van der Waals surface area contributed by atoms with E-state index in [1.165, 1.54) is 5.56 Å². The predicted molar refractivity (Wildman–Crippen MR) is 126 cm³/mol. The SMILES string of the molecule is CN(C)C1=CCN([C@H]2CCOc3ccccc32)c2c1ccnc2-c1ncc(Cl)cc1Cl. The minimum absolute atomic E-state index is 0.165. The van der Waals surface area contributed by atoms with E-state index in [1.807, 2.05) is 18.3 Å². The molecule has 0 bridgehead atoms. The molecule has 0 saturated carbocycles. The van der Waals surface area contributed by atoms with Crippen LogP contribution in [0.3, 0.4) is 0 Å². The van der Waals surface area contributed by atoms with Gasteiger partial charge in [-0.25, -0.2) is 0 Å². The summed E-state index contributed by atoms with van der Waals surface area (Å²) in [5, 5.41) is 0.990. The van der Waals surface area contributed by atoms with Crippen LogP contribution in [0.4, 0.5) is 5.69 Å². The lowest BCUT2D eigenvalue weighted by atomic mass is 9.94. The summed E-state index contributed by atoms with van der Waals surface area (Å²) in [5.74, 6) is 0.941. The summed E-state index contributed by atoms with van der Waals surface area (Å²) in [4.78, 5) is 13.8. The van der Waals surface area contributed by atoms with Crippen molar-refractivity contribution in [3.05, 3.63) is 76.0 Å². The van der Waals surface area contributed by atoms with Crippen molar-refractivity contribution >= 4 is 34.6 Å². The Morgan fingerprint density at radius 2 is 1.94 bits per heavy atom. The lowest BCUT2D eigenvalue weighted by Crippen LogP contribution is -2.36. The predicted octanol–water partition coefficient (Wildman–Crippen LogP) is 5.70. The Morgan fingerprint density at radius 1 is 1.10 bits per heavy atom. The summed E-state index contributed by atoms with van der Waals surface area (Å²) in [7, 11) is 4.12. The number of pyridine rings is 2. The number of hydrogen-bond donors (Lipinski definition) is 0. The Bertz CT molecular complexity index is 1180. The van der Waals surface area contributed by atoms with Crippen LogP contribution in [0.25, 0.3) is 17.1 Å². The van der Waals surface area contributed by atoms with Crippen LogP contribution in [0.2, 0.25) is 10.0 Å². The average molecular weight is 453 g/mol. The average Bonchev–Trinajstić information content (AvgIpc) is 2.77. The number of benzene rings is 1. The third kappa shape index (κ3) is 3.52. The van der Waals surface area contributed by atoms with Gasteiger partial charge in [0.15, 0.2) is 0 Å². The first-order chi connectivity index (χ1) is 15.0. The number of fused-ring (bicyclic) bond motifs is 2. The highest BCUT2D eigenvalue weighted by Crippen LogP contribution is 2.46. The molecule has 1 atom stereocenters. The third-order valence-electron chi connectivity index (χ3n) is 5.79. The van der Waals surface area contributed by atoms with E-state index in [-0.39, 0.29) is 6.04 Å². The maximum Gasteiger partial charge on any atom is 0.124 e. The van der Waals surface area contributed by atoms with Crippen LogP contribution >= 0.6 is 23.2 Å². The molecular formula is C24H22Cl2N4O. The zero-order chi connectivity index (χ0) is 21.5. The summed E-state index contributed by atoms with van der Waals surface area (Å²) in [6.07, 6.45) is 6.59. The first-order valence-electron chi connectivity index (χ1n) is 10.2. The third-order valence-corrected chi connectivity index (χ3v) is 6.28. The summed E-state index contributed by atoms with van der Waals surface area (Å²) >= 11 is 12.7. The monoisotopic (exact) mass is 452 g/mol. The number of halogens is 2. The molecule has 0 N–H and O–H groups in total. The number of hydrogen-bond acceptors (Lipinski definition) is 5. The molecule has 0 saturated heterocycles. The Labute approximate surface area is 191 Å². The molecule has 2 aliphatic heterocycles. The number of rotatable bonds is 3. The fraction of sp³-hybridized carbons (Fsp3) is 0.250. The molecule has 7 heteroatoms. The van der Waals surface area contributed by atoms with Crippen molar-refractivity contribution in [3.63, 3.8) is 0 Å². The van der Waals surface area contributed by atoms with E-state index < -0.39 is 0 Å². The molecule has 31 heavy (non-hydrogen) atoms. The van der Waals surface area contributed by atoms with Crippen LogP contribution in [0, 0.1) is 0 Å². The number of ether oxygens (including phenoxy) is 1. The highest BCUT2D eigenvalue weighted by Gasteiger charge is 2.33. The van der Waals surface area contributed by atoms with Crippen molar-refractivity contribution < 1.29 is 4.74 Å². The van der Waals surface area contributed by atoms with Crippen LogP contribution in [-0.2, 0) is 0 Å². The van der Waals surface area contributed by atoms with Gasteiger partial charge in [0.25, 0.3) is 0 Å². The van der Waals surface area contributed by atoms with Gasteiger partial charge in [-0.15, -0.1) is 0 Å². The maximum absolute atomic E-state index is 6.57. The van der Waals surface area contributed by atoms with Gasteiger partial charge in [0.05, 0.1) is 28.4 Å². The van der Waals surface area contributed by atoms with E-state index >= 15 is 0 Å². The topological polar surface area (TPSA) is 41.5 Å². The van der Waals surface area contributed by atoms with Crippen LogP contribution in [-0.4, -0.2) is 42.1 Å². The van der Waals surface area contributed by atoms with Crippen LogP contribution < -0.4 is 9.64 Å². The maximum atomic E-state index is 6.57. The molecule has 2 aliphatic rings. The van der Waals surface area contributed by atoms with Crippen molar-refractivity contribution in [1.29, 1.82) is 0 Å². The van der Waals surface area contributed by atoms with E-state index in [0.29, 0.717) is 22.3 Å². The molecule has 5 nitrogen and oxygen atoms in total. The molecule has 1 aromatic carbocycles. The Hall–Kier alpha value is -2.76. The van der Waals surface area contributed by atoms with Crippen LogP contribution in [0.5, 0.6) is 5.75 Å². The summed E-state index contributed by atoms with van der Waals surface area (Å²) in [6, 6.07) is 12.2. The summed E-state index contributed by atoms with van der Waals surface area (Å²) in [6.45, 7) is 1.43. The van der Waals surface area contributed by atoms with Gasteiger partial charge in [-0.3, -0.25) is 9.97 Å². The molecular weight excluding hydrogens is 431 g/mol. The van der Waals surface area contributed by atoms with Gasteiger partial charge < -0.3 is 14.5 Å². The highest BCUT2D eigenvalue weighted by molar-refractivity contribution is 6.36. The van der Waals surface area contributed by atoms with E-state index in [0.717, 1.165) is 41.4 Å². The number of nitrogens with zero attached hydrogens (tertiary/aromatic N) is 4. The fourth-order valence-electron chi connectivity index (χ4n) is 4.45. The molecule has 0 fully saturated rings. The number of aromatic nitrogens is 2. The smallest absolute Gasteiger partial charge is 0.124 e. The molecule has 4 heterocycles. The second-order valence-corrected chi connectivity index (χ2v) is 8.71. The molecule has 158 valence electrons. The zero-order valence-electron chi connectivity index (χ0n) is 17.3. The quantitative estimate of drug-likeness (QED) is 0.509. The van der Waals surface area contributed by atoms with Crippen molar-refractivity contribution in [3.8, 4) is 17.1 Å². The molecule has 2 aromatic heterocycles. The van der Waals surface area contributed by atoms with E-state index in [1.54, 1.807) is 12.3 Å². The Morgan fingerprint density at radius 3 is 2.74 bits per heavy atom. The van der Waals surface area contributed by atoms with Gasteiger partial charge in [-0.05, 0) is 24.3 Å².